The third kappa shape index (κ3) is 5.27. The van der Waals surface area contributed by atoms with Crippen LogP contribution in [0.2, 0.25) is 0 Å². The Hall–Kier alpha value is -4.72. The van der Waals surface area contributed by atoms with Gasteiger partial charge in [0.05, 0.1) is 6.42 Å². The number of para-hydroxylation sites is 1. The standard InChI is InChI=1S/C27H25N7O/c1-18-11-12-28-24(13-18)33-26-15-25(29-17-30-26)31-20-7-9-21(10-8-20)32-27(35)14-19-16-34(2)23-6-4-3-5-22(19)23/h3-13,15-17H,14H2,1-2H3,(H,32,35)(H2,28,29,30,31,33). The third-order valence-electron chi connectivity index (χ3n) is 5.61. The summed E-state index contributed by atoms with van der Waals surface area (Å²) >= 11 is 0. The van der Waals surface area contributed by atoms with Gasteiger partial charge in [-0.2, -0.15) is 0 Å². The first-order valence-corrected chi connectivity index (χ1v) is 11.2. The van der Waals surface area contributed by atoms with E-state index >= 15 is 0 Å². The van der Waals surface area contributed by atoms with E-state index < -0.39 is 0 Å². The number of hydrogen-bond acceptors (Lipinski definition) is 6. The molecule has 0 saturated heterocycles. The molecule has 1 amide bonds. The summed E-state index contributed by atoms with van der Waals surface area (Å²) in [4.78, 5) is 25.5. The summed E-state index contributed by atoms with van der Waals surface area (Å²) in [6.45, 7) is 2.01. The highest BCUT2D eigenvalue weighted by Crippen LogP contribution is 2.23. The summed E-state index contributed by atoms with van der Waals surface area (Å²) < 4.78 is 2.05. The van der Waals surface area contributed by atoms with E-state index in [1.807, 2.05) is 85.4 Å². The highest BCUT2D eigenvalue weighted by Gasteiger charge is 2.11. The van der Waals surface area contributed by atoms with Gasteiger partial charge in [-0.15, -0.1) is 0 Å². The molecule has 5 rings (SSSR count). The molecule has 5 aromatic rings. The van der Waals surface area contributed by atoms with Crippen molar-refractivity contribution in [3.63, 3.8) is 0 Å². The van der Waals surface area contributed by atoms with Gasteiger partial charge in [0, 0.05) is 47.8 Å². The average Bonchev–Trinajstić information content (AvgIpc) is 3.16. The van der Waals surface area contributed by atoms with Crippen LogP contribution in [-0.2, 0) is 18.3 Å². The van der Waals surface area contributed by atoms with E-state index in [-0.39, 0.29) is 5.91 Å². The Balaban J connectivity index is 1.21. The number of aromatic nitrogens is 4. The molecule has 0 spiro atoms. The third-order valence-corrected chi connectivity index (χ3v) is 5.61. The van der Waals surface area contributed by atoms with Gasteiger partial charge < -0.3 is 20.5 Å². The first-order valence-electron chi connectivity index (χ1n) is 11.2. The average molecular weight is 464 g/mol. The fourth-order valence-electron chi connectivity index (χ4n) is 3.96. The molecular weight excluding hydrogens is 438 g/mol. The second-order valence-electron chi connectivity index (χ2n) is 8.34. The highest BCUT2D eigenvalue weighted by molar-refractivity contribution is 5.96. The number of amides is 1. The molecule has 0 aliphatic carbocycles. The van der Waals surface area contributed by atoms with E-state index in [9.17, 15) is 4.79 Å². The maximum absolute atomic E-state index is 12.7. The van der Waals surface area contributed by atoms with Gasteiger partial charge in [-0.25, -0.2) is 15.0 Å². The number of anilines is 5. The van der Waals surface area contributed by atoms with E-state index in [0.717, 1.165) is 39.2 Å². The zero-order chi connectivity index (χ0) is 24.2. The molecule has 0 unspecified atom stereocenters. The molecule has 0 saturated carbocycles. The van der Waals surface area contributed by atoms with Gasteiger partial charge in [0.15, 0.2) is 0 Å². The van der Waals surface area contributed by atoms with Gasteiger partial charge in [0.25, 0.3) is 0 Å². The van der Waals surface area contributed by atoms with Crippen molar-refractivity contribution in [1.29, 1.82) is 0 Å². The molecule has 3 aromatic heterocycles. The summed E-state index contributed by atoms with van der Waals surface area (Å²) in [5.41, 5.74) is 4.81. The molecule has 8 heteroatoms. The number of benzene rings is 2. The van der Waals surface area contributed by atoms with E-state index in [2.05, 4.69) is 37.0 Å². The minimum absolute atomic E-state index is 0.0571. The first-order chi connectivity index (χ1) is 17.0. The van der Waals surface area contributed by atoms with Crippen LogP contribution in [0.1, 0.15) is 11.1 Å². The predicted octanol–water partition coefficient (Wildman–Crippen LogP) is 5.34. The van der Waals surface area contributed by atoms with Gasteiger partial charge >= 0.3 is 0 Å². The van der Waals surface area contributed by atoms with E-state index in [1.165, 1.54) is 6.33 Å². The van der Waals surface area contributed by atoms with E-state index in [4.69, 9.17) is 0 Å². The van der Waals surface area contributed by atoms with Crippen molar-refractivity contribution in [2.75, 3.05) is 16.0 Å². The van der Waals surface area contributed by atoms with Crippen molar-refractivity contribution < 1.29 is 4.79 Å². The van der Waals surface area contributed by atoms with Crippen LogP contribution in [0.3, 0.4) is 0 Å². The molecule has 174 valence electrons. The largest absolute Gasteiger partial charge is 0.350 e. The number of aryl methyl sites for hydroxylation is 2. The Morgan fingerprint density at radius 2 is 1.57 bits per heavy atom. The zero-order valence-corrected chi connectivity index (χ0v) is 19.5. The lowest BCUT2D eigenvalue weighted by atomic mass is 10.1. The van der Waals surface area contributed by atoms with Crippen molar-refractivity contribution in [2.24, 2.45) is 7.05 Å². The number of hydrogen-bond donors (Lipinski definition) is 3. The summed E-state index contributed by atoms with van der Waals surface area (Å²) in [5, 5.41) is 10.5. The maximum atomic E-state index is 12.7. The highest BCUT2D eigenvalue weighted by atomic mass is 16.1. The van der Waals surface area contributed by atoms with Gasteiger partial charge in [-0.3, -0.25) is 4.79 Å². The molecule has 3 heterocycles. The number of pyridine rings is 1. The van der Waals surface area contributed by atoms with Crippen molar-refractivity contribution in [3.05, 3.63) is 96.6 Å². The van der Waals surface area contributed by atoms with Crippen LogP contribution in [0.15, 0.2) is 85.5 Å². The fourth-order valence-corrected chi connectivity index (χ4v) is 3.96. The van der Waals surface area contributed by atoms with Gasteiger partial charge in [0.2, 0.25) is 5.91 Å². The van der Waals surface area contributed by atoms with Crippen LogP contribution in [0.25, 0.3) is 10.9 Å². The first kappa shape index (κ1) is 22.1. The lowest BCUT2D eigenvalue weighted by Gasteiger charge is -2.10. The molecule has 0 atom stereocenters. The van der Waals surface area contributed by atoms with Crippen molar-refractivity contribution in [1.82, 2.24) is 19.5 Å². The minimum Gasteiger partial charge on any atom is -0.350 e. The van der Waals surface area contributed by atoms with Crippen molar-refractivity contribution in [3.8, 4) is 0 Å². The summed E-state index contributed by atoms with van der Waals surface area (Å²) in [7, 11) is 1.99. The Morgan fingerprint density at radius 3 is 2.37 bits per heavy atom. The van der Waals surface area contributed by atoms with Crippen LogP contribution in [0.4, 0.5) is 28.8 Å². The zero-order valence-electron chi connectivity index (χ0n) is 19.5. The Bertz CT molecular complexity index is 1490. The Labute approximate surface area is 203 Å². The molecule has 3 N–H and O–H groups in total. The topological polar surface area (TPSA) is 96.8 Å². The SMILES string of the molecule is Cc1ccnc(Nc2cc(Nc3ccc(NC(=O)Cc4cn(C)c5ccccc45)cc3)ncn2)c1. The molecule has 0 aliphatic heterocycles. The number of fused-ring (bicyclic) bond motifs is 1. The summed E-state index contributed by atoms with van der Waals surface area (Å²) in [6.07, 6.45) is 5.56. The van der Waals surface area contributed by atoms with Crippen LogP contribution in [0, 0.1) is 6.92 Å². The number of rotatable bonds is 7. The molecule has 0 bridgehead atoms. The van der Waals surface area contributed by atoms with Crippen molar-refractivity contribution >= 4 is 45.6 Å². The minimum atomic E-state index is -0.0571. The number of carbonyl (C=O) groups is 1. The molecule has 0 radical (unpaired) electrons. The lowest BCUT2D eigenvalue weighted by Crippen LogP contribution is -2.14. The second kappa shape index (κ2) is 9.64. The van der Waals surface area contributed by atoms with Crippen LogP contribution in [-0.4, -0.2) is 25.4 Å². The monoisotopic (exact) mass is 463 g/mol. The molecule has 0 aliphatic rings. The second-order valence-corrected chi connectivity index (χ2v) is 8.34. The normalized spacial score (nSPS) is 10.8. The van der Waals surface area contributed by atoms with Crippen LogP contribution in [0.5, 0.6) is 0 Å². The Morgan fingerprint density at radius 1 is 0.857 bits per heavy atom. The van der Waals surface area contributed by atoms with E-state index in [0.29, 0.717) is 18.1 Å². The smallest absolute Gasteiger partial charge is 0.228 e. The lowest BCUT2D eigenvalue weighted by molar-refractivity contribution is -0.115. The fraction of sp³-hybridized carbons (Fsp3) is 0.111. The van der Waals surface area contributed by atoms with Crippen LogP contribution < -0.4 is 16.0 Å². The predicted molar refractivity (Wildman–Crippen MR) is 139 cm³/mol. The maximum Gasteiger partial charge on any atom is 0.228 e. The molecule has 35 heavy (non-hydrogen) atoms. The quantitative estimate of drug-likeness (QED) is 0.301. The van der Waals surface area contributed by atoms with Crippen molar-refractivity contribution in [2.45, 2.75) is 13.3 Å². The number of carbonyl (C=O) groups excluding carboxylic acids is 1. The summed E-state index contributed by atoms with van der Waals surface area (Å²) in [6, 6.07) is 21.3. The molecule has 0 fully saturated rings. The number of nitrogens with zero attached hydrogens (tertiary/aromatic N) is 4. The van der Waals surface area contributed by atoms with Gasteiger partial charge in [0.1, 0.15) is 23.8 Å². The Kier molecular flexibility index (Phi) is 6.09. The molecular formula is C27H25N7O. The summed E-state index contributed by atoms with van der Waals surface area (Å²) in [5.74, 6) is 1.94. The molecule has 2 aromatic carbocycles. The van der Waals surface area contributed by atoms with Gasteiger partial charge in [-0.1, -0.05) is 18.2 Å². The van der Waals surface area contributed by atoms with Gasteiger partial charge in [-0.05, 0) is 60.5 Å². The van der Waals surface area contributed by atoms with Crippen LogP contribution >= 0.6 is 0 Å². The molecule has 8 nitrogen and oxygen atoms in total. The number of nitrogens with one attached hydrogen (secondary N) is 3. The van der Waals surface area contributed by atoms with E-state index in [1.54, 1.807) is 6.20 Å².